The Labute approximate surface area is 212 Å². The second-order valence-corrected chi connectivity index (χ2v) is 11.0. The van der Waals surface area contributed by atoms with Crippen molar-refractivity contribution >= 4 is 29.2 Å². The summed E-state index contributed by atoms with van der Waals surface area (Å²) in [6, 6.07) is 6.11. The number of hydrogen-bond acceptors (Lipinski definition) is 7. The van der Waals surface area contributed by atoms with Gasteiger partial charge in [0.05, 0.1) is 22.1 Å². The van der Waals surface area contributed by atoms with Crippen LogP contribution >= 0.6 is 11.3 Å². The maximum Gasteiger partial charge on any atom is 0.411 e. The van der Waals surface area contributed by atoms with Crippen molar-refractivity contribution in [1.82, 2.24) is 15.2 Å². The van der Waals surface area contributed by atoms with Gasteiger partial charge in [-0.05, 0) is 90.7 Å². The average Bonchev–Trinajstić information content (AvgIpc) is 3.22. The van der Waals surface area contributed by atoms with Crippen LogP contribution in [0.4, 0.5) is 15.3 Å². The summed E-state index contributed by atoms with van der Waals surface area (Å²) in [7, 11) is 4.05. The number of nitrogens with zero attached hydrogens (tertiary/aromatic N) is 2. The summed E-state index contributed by atoms with van der Waals surface area (Å²) in [4.78, 5) is 31.9. The second kappa shape index (κ2) is 12.4. The van der Waals surface area contributed by atoms with E-state index < -0.39 is 6.09 Å². The van der Waals surface area contributed by atoms with E-state index in [4.69, 9.17) is 14.5 Å². The molecule has 2 amide bonds. The summed E-state index contributed by atoms with van der Waals surface area (Å²) in [5.41, 5.74) is 2.95. The van der Waals surface area contributed by atoms with Gasteiger partial charge < -0.3 is 19.7 Å². The van der Waals surface area contributed by atoms with E-state index in [1.165, 1.54) is 0 Å². The smallest absolute Gasteiger partial charge is 0.411 e. The molecule has 1 aromatic heterocycles. The number of hydrogen-bond donors (Lipinski definition) is 2. The van der Waals surface area contributed by atoms with E-state index in [-0.39, 0.29) is 24.3 Å². The molecule has 0 saturated heterocycles. The van der Waals surface area contributed by atoms with Gasteiger partial charge in [0.25, 0.3) is 0 Å². The third kappa shape index (κ3) is 8.21. The topological polar surface area (TPSA) is 92.8 Å². The van der Waals surface area contributed by atoms with E-state index in [1.54, 1.807) is 11.3 Å². The van der Waals surface area contributed by atoms with E-state index >= 15 is 0 Å². The zero-order valence-electron chi connectivity index (χ0n) is 21.6. The monoisotopic (exact) mass is 502 g/mol. The predicted molar refractivity (Wildman–Crippen MR) is 140 cm³/mol. The van der Waals surface area contributed by atoms with Gasteiger partial charge in [-0.15, -0.1) is 11.3 Å². The van der Waals surface area contributed by atoms with Gasteiger partial charge in [-0.3, -0.25) is 5.32 Å². The zero-order chi connectivity index (χ0) is 25.5. The fourth-order valence-electron chi connectivity index (χ4n) is 4.25. The van der Waals surface area contributed by atoms with Gasteiger partial charge in [-0.2, -0.15) is 0 Å². The number of thiazole rings is 1. The average molecular weight is 503 g/mol. The molecule has 0 aliphatic heterocycles. The number of amides is 2. The summed E-state index contributed by atoms with van der Waals surface area (Å²) < 4.78 is 10.4. The van der Waals surface area contributed by atoms with E-state index in [1.807, 2.05) is 66.2 Å². The highest BCUT2D eigenvalue weighted by Crippen LogP contribution is 2.39. The number of rotatable bonds is 8. The molecule has 9 heteroatoms. The summed E-state index contributed by atoms with van der Waals surface area (Å²) in [5.74, 6) is 0.400. The highest BCUT2D eigenvalue weighted by Gasteiger charge is 2.26. The minimum atomic E-state index is -0.453. The molecule has 35 heavy (non-hydrogen) atoms. The molecule has 1 aliphatic carbocycles. The fourth-order valence-corrected chi connectivity index (χ4v) is 5.39. The zero-order valence-corrected chi connectivity index (χ0v) is 22.4. The number of anilines is 1. The SMILES string of the molecule is CC(C)OC(=O)Nc1ccc(-c2cnc(C3CCC(NC(=O)OC(C)C)CC3)s2)c(CN(C)C)c1. The minimum Gasteiger partial charge on any atom is -0.447 e. The number of ether oxygens (including phenoxy) is 2. The Morgan fingerprint density at radius 2 is 1.71 bits per heavy atom. The molecule has 0 unspecified atom stereocenters. The lowest BCUT2D eigenvalue weighted by atomic mass is 9.86. The number of nitrogens with one attached hydrogen (secondary N) is 2. The molecule has 2 N–H and O–H groups in total. The quantitative estimate of drug-likeness (QED) is 0.461. The summed E-state index contributed by atoms with van der Waals surface area (Å²) in [5, 5.41) is 6.95. The van der Waals surface area contributed by atoms with E-state index in [9.17, 15) is 9.59 Å². The lowest BCUT2D eigenvalue weighted by Crippen LogP contribution is -2.38. The Morgan fingerprint density at radius 3 is 2.34 bits per heavy atom. The van der Waals surface area contributed by atoms with Crippen molar-refractivity contribution in [3.63, 3.8) is 0 Å². The van der Waals surface area contributed by atoms with E-state index in [0.717, 1.165) is 53.2 Å². The Balaban J connectivity index is 1.68. The molecule has 0 atom stereocenters. The maximum absolute atomic E-state index is 12.0. The van der Waals surface area contributed by atoms with Crippen LogP contribution in [0.5, 0.6) is 0 Å². The summed E-state index contributed by atoms with van der Waals surface area (Å²) >= 11 is 1.73. The Hall–Kier alpha value is -2.65. The third-order valence-electron chi connectivity index (χ3n) is 5.71. The normalized spacial score (nSPS) is 18.1. The molecule has 2 aromatic rings. The van der Waals surface area contributed by atoms with Gasteiger partial charge in [-0.1, -0.05) is 6.07 Å². The van der Waals surface area contributed by atoms with Crippen molar-refractivity contribution in [2.24, 2.45) is 0 Å². The van der Waals surface area contributed by atoms with Crippen molar-refractivity contribution in [2.75, 3.05) is 19.4 Å². The largest absolute Gasteiger partial charge is 0.447 e. The standard InChI is InChI=1S/C26H38N4O4S/c1-16(2)33-25(31)28-20-9-7-18(8-10-20)24-27-14-23(35-24)22-12-11-21(13-19(22)15-30(5)6)29-26(32)34-17(3)4/h11-14,16-18,20H,7-10,15H2,1-6H3,(H,28,31)(H,29,32). The molecule has 0 bridgehead atoms. The second-order valence-electron chi connectivity index (χ2n) is 9.90. The van der Waals surface area contributed by atoms with E-state index in [0.29, 0.717) is 11.6 Å². The Morgan fingerprint density at radius 1 is 1.06 bits per heavy atom. The van der Waals surface area contributed by atoms with Crippen molar-refractivity contribution in [1.29, 1.82) is 0 Å². The first-order chi connectivity index (χ1) is 16.6. The van der Waals surface area contributed by atoms with Gasteiger partial charge in [0.1, 0.15) is 0 Å². The molecular weight excluding hydrogens is 464 g/mol. The first-order valence-corrected chi connectivity index (χ1v) is 13.1. The molecule has 0 spiro atoms. The van der Waals surface area contributed by atoms with Gasteiger partial charge in [-0.25, -0.2) is 14.6 Å². The number of carbonyl (C=O) groups excluding carboxylic acids is 2. The van der Waals surface area contributed by atoms with Crippen molar-refractivity contribution in [3.8, 4) is 10.4 Å². The van der Waals surface area contributed by atoms with Crippen molar-refractivity contribution in [2.45, 2.75) is 84.1 Å². The van der Waals surface area contributed by atoms with Crippen molar-refractivity contribution in [3.05, 3.63) is 35.0 Å². The van der Waals surface area contributed by atoms with Crippen LogP contribution in [0, 0.1) is 0 Å². The minimum absolute atomic E-state index is 0.115. The van der Waals surface area contributed by atoms with Gasteiger partial charge in [0.15, 0.2) is 0 Å². The number of alkyl carbamates (subject to hydrolysis) is 1. The maximum atomic E-state index is 12.0. The molecular formula is C26H38N4O4S. The van der Waals surface area contributed by atoms with E-state index in [2.05, 4.69) is 15.5 Å². The molecule has 1 heterocycles. The van der Waals surface area contributed by atoms with Gasteiger partial charge in [0.2, 0.25) is 0 Å². The van der Waals surface area contributed by atoms with Crippen LogP contribution in [-0.4, -0.2) is 54.4 Å². The summed E-state index contributed by atoms with van der Waals surface area (Å²) in [6.45, 7) is 8.09. The molecule has 8 nitrogen and oxygen atoms in total. The van der Waals surface area contributed by atoms with Crippen LogP contribution in [0.1, 0.15) is 69.9 Å². The van der Waals surface area contributed by atoms with Crippen LogP contribution in [0.25, 0.3) is 10.4 Å². The first kappa shape index (κ1) is 26.9. The number of benzene rings is 1. The summed E-state index contributed by atoms with van der Waals surface area (Å²) in [6.07, 6.45) is 4.71. The number of carbonyl (C=O) groups is 2. The van der Waals surface area contributed by atoms with Crippen molar-refractivity contribution < 1.29 is 19.1 Å². The predicted octanol–water partition coefficient (Wildman–Crippen LogP) is 5.99. The number of aromatic nitrogens is 1. The fraction of sp³-hybridized carbons (Fsp3) is 0.577. The van der Waals surface area contributed by atoms with Gasteiger partial charge in [0, 0.05) is 30.4 Å². The Bertz CT molecular complexity index is 997. The molecule has 1 aromatic carbocycles. The first-order valence-electron chi connectivity index (χ1n) is 12.3. The lowest BCUT2D eigenvalue weighted by molar-refractivity contribution is 0.109. The molecule has 0 radical (unpaired) electrons. The Kier molecular flexibility index (Phi) is 9.51. The van der Waals surface area contributed by atoms with Crippen LogP contribution in [0.3, 0.4) is 0 Å². The molecule has 1 fully saturated rings. The third-order valence-corrected chi connectivity index (χ3v) is 6.90. The molecule has 3 rings (SSSR count). The van der Waals surface area contributed by atoms with Gasteiger partial charge >= 0.3 is 12.2 Å². The van der Waals surface area contributed by atoms with Crippen LogP contribution in [-0.2, 0) is 16.0 Å². The highest BCUT2D eigenvalue weighted by atomic mass is 32.1. The highest BCUT2D eigenvalue weighted by molar-refractivity contribution is 7.15. The van der Waals surface area contributed by atoms with Crippen LogP contribution in [0.2, 0.25) is 0 Å². The lowest BCUT2D eigenvalue weighted by Gasteiger charge is -2.28. The van der Waals surface area contributed by atoms with Crippen LogP contribution < -0.4 is 10.6 Å². The molecule has 1 saturated carbocycles. The molecule has 1 aliphatic rings. The van der Waals surface area contributed by atoms with Crippen LogP contribution in [0.15, 0.2) is 24.4 Å². The molecule has 192 valence electrons.